The van der Waals surface area contributed by atoms with E-state index in [1.54, 1.807) is 0 Å². The Morgan fingerprint density at radius 2 is 1.68 bits per heavy atom. The third kappa shape index (κ3) is 3.32. The van der Waals surface area contributed by atoms with Gasteiger partial charge in [0.05, 0.1) is 0 Å². The summed E-state index contributed by atoms with van der Waals surface area (Å²) in [4.78, 5) is 0.425. The van der Waals surface area contributed by atoms with Gasteiger partial charge in [-0.1, -0.05) is 44.3 Å². The lowest BCUT2D eigenvalue weighted by Gasteiger charge is -2.14. The number of nitrogens with one attached hydrogen (secondary N) is 1. The second kappa shape index (κ2) is 5.85. The number of rotatable bonds is 4. The van der Waals surface area contributed by atoms with Crippen molar-refractivity contribution in [2.75, 3.05) is 5.32 Å². The molecule has 98 valence electrons. The van der Waals surface area contributed by atoms with Crippen molar-refractivity contribution < 1.29 is 0 Å². The molecule has 0 heterocycles. The topological polar surface area (TPSA) is 38.0 Å². The molecule has 0 aliphatic heterocycles. The van der Waals surface area contributed by atoms with Gasteiger partial charge in [-0.2, -0.15) is 0 Å². The normalized spacial score (nSPS) is 10.5. The minimum atomic E-state index is 0.425. The fourth-order valence-corrected chi connectivity index (χ4v) is 2.12. The van der Waals surface area contributed by atoms with Crippen molar-refractivity contribution in [2.45, 2.75) is 19.8 Å². The van der Waals surface area contributed by atoms with Crippen LogP contribution in [0, 0.1) is 0 Å². The van der Waals surface area contributed by atoms with Crippen LogP contribution in [0.5, 0.6) is 0 Å². The van der Waals surface area contributed by atoms with Gasteiger partial charge in [-0.15, -0.1) is 0 Å². The van der Waals surface area contributed by atoms with Gasteiger partial charge in [0.15, 0.2) is 0 Å². The molecule has 0 saturated heterocycles. The first kappa shape index (κ1) is 13.6. The zero-order valence-electron chi connectivity index (χ0n) is 11.2. The summed E-state index contributed by atoms with van der Waals surface area (Å²) in [5.74, 6) is 0.486. The van der Waals surface area contributed by atoms with E-state index in [0.717, 1.165) is 16.9 Å². The molecular weight excluding hydrogens is 252 g/mol. The first-order valence-corrected chi connectivity index (χ1v) is 6.74. The van der Waals surface area contributed by atoms with Crippen LogP contribution in [0.25, 0.3) is 0 Å². The van der Waals surface area contributed by atoms with Crippen LogP contribution in [-0.2, 0) is 0 Å². The Labute approximate surface area is 119 Å². The fourth-order valence-electron chi connectivity index (χ4n) is 1.99. The van der Waals surface area contributed by atoms with Gasteiger partial charge in [-0.25, -0.2) is 0 Å². The molecule has 2 nitrogen and oxygen atoms in total. The zero-order valence-corrected chi connectivity index (χ0v) is 12.0. The van der Waals surface area contributed by atoms with E-state index >= 15 is 0 Å². The maximum atomic E-state index is 5.59. The Balaban J connectivity index is 2.24. The van der Waals surface area contributed by atoms with Crippen LogP contribution in [0.2, 0.25) is 0 Å². The second-order valence-electron chi connectivity index (χ2n) is 4.81. The first-order chi connectivity index (χ1) is 9.08. The van der Waals surface area contributed by atoms with Crippen molar-refractivity contribution in [3.05, 3.63) is 59.7 Å². The third-order valence-corrected chi connectivity index (χ3v) is 3.27. The molecule has 0 unspecified atom stereocenters. The first-order valence-electron chi connectivity index (χ1n) is 6.33. The van der Waals surface area contributed by atoms with Gasteiger partial charge in [-0.3, -0.25) is 0 Å². The van der Waals surface area contributed by atoms with E-state index in [4.69, 9.17) is 18.0 Å². The highest BCUT2D eigenvalue weighted by Gasteiger charge is 2.05. The van der Waals surface area contributed by atoms with Gasteiger partial charge in [0.25, 0.3) is 0 Å². The molecule has 0 bridgehead atoms. The number of hydrogen-bond acceptors (Lipinski definition) is 2. The maximum absolute atomic E-state index is 5.59. The lowest BCUT2D eigenvalue weighted by Crippen LogP contribution is -2.08. The molecule has 19 heavy (non-hydrogen) atoms. The summed E-state index contributed by atoms with van der Waals surface area (Å²) in [5, 5.41) is 3.44. The SMILES string of the molecule is CC(C)c1ccccc1Nc1ccc(C(N)=S)cc1. The minimum Gasteiger partial charge on any atom is -0.389 e. The molecule has 0 aliphatic carbocycles. The quantitative estimate of drug-likeness (QED) is 0.818. The van der Waals surface area contributed by atoms with E-state index in [2.05, 4.69) is 37.4 Å². The van der Waals surface area contributed by atoms with E-state index in [0.29, 0.717) is 10.9 Å². The number of thiocarbonyl (C=S) groups is 1. The predicted octanol–water partition coefficient (Wildman–Crippen LogP) is 4.19. The molecule has 0 aliphatic rings. The Bertz CT molecular complexity index is 574. The van der Waals surface area contributed by atoms with Crippen molar-refractivity contribution in [1.82, 2.24) is 0 Å². The van der Waals surface area contributed by atoms with Crippen LogP contribution < -0.4 is 11.1 Å². The highest BCUT2D eigenvalue weighted by molar-refractivity contribution is 7.80. The lowest BCUT2D eigenvalue weighted by atomic mass is 10.0. The molecule has 2 aromatic rings. The number of benzene rings is 2. The zero-order chi connectivity index (χ0) is 13.8. The van der Waals surface area contributed by atoms with Crippen molar-refractivity contribution >= 4 is 28.6 Å². The van der Waals surface area contributed by atoms with E-state index in [1.165, 1.54) is 5.56 Å². The summed E-state index contributed by atoms with van der Waals surface area (Å²) in [5.41, 5.74) is 9.96. The summed E-state index contributed by atoms with van der Waals surface area (Å²) < 4.78 is 0. The summed E-state index contributed by atoms with van der Waals surface area (Å²) in [6.45, 7) is 4.38. The monoisotopic (exact) mass is 270 g/mol. The average Bonchev–Trinajstić information content (AvgIpc) is 2.39. The van der Waals surface area contributed by atoms with Gasteiger partial charge in [0, 0.05) is 16.9 Å². The Hall–Kier alpha value is -1.87. The molecule has 0 amide bonds. The van der Waals surface area contributed by atoms with Crippen molar-refractivity contribution in [1.29, 1.82) is 0 Å². The molecular formula is C16H18N2S. The maximum Gasteiger partial charge on any atom is 0.103 e. The van der Waals surface area contributed by atoms with E-state index < -0.39 is 0 Å². The van der Waals surface area contributed by atoms with Crippen LogP contribution in [0.3, 0.4) is 0 Å². The van der Waals surface area contributed by atoms with Crippen LogP contribution >= 0.6 is 12.2 Å². The average molecular weight is 270 g/mol. The standard InChI is InChI=1S/C16H18N2S/c1-11(2)14-5-3-4-6-15(14)18-13-9-7-12(8-10-13)16(17)19/h3-11,18H,1-2H3,(H2,17,19). The van der Waals surface area contributed by atoms with Crippen LogP contribution in [0.1, 0.15) is 30.9 Å². The van der Waals surface area contributed by atoms with Gasteiger partial charge in [0.2, 0.25) is 0 Å². The summed E-state index contributed by atoms with van der Waals surface area (Å²) >= 11 is 4.95. The van der Waals surface area contributed by atoms with Crippen LogP contribution in [0.15, 0.2) is 48.5 Å². The van der Waals surface area contributed by atoms with Crippen molar-refractivity contribution in [3.8, 4) is 0 Å². The highest BCUT2D eigenvalue weighted by atomic mass is 32.1. The smallest absolute Gasteiger partial charge is 0.103 e. The number of hydrogen-bond donors (Lipinski definition) is 2. The van der Waals surface area contributed by atoms with E-state index in [9.17, 15) is 0 Å². The molecule has 0 atom stereocenters. The van der Waals surface area contributed by atoms with Gasteiger partial charge < -0.3 is 11.1 Å². The number of nitrogens with two attached hydrogens (primary N) is 1. The molecule has 0 spiro atoms. The molecule has 3 N–H and O–H groups in total. The highest BCUT2D eigenvalue weighted by Crippen LogP contribution is 2.26. The molecule has 3 heteroatoms. The van der Waals surface area contributed by atoms with Gasteiger partial charge in [0.1, 0.15) is 4.99 Å². The van der Waals surface area contributed by atoms with Gasteiger partial charge >= 0.3 is 0 Å². The number of anilines is 2. The van der Waals surface area contributed by atoms with Crippen molar-refractivity contribution in [3.63, 3.8) is 0 Å². The number of para-hydroxylation sites is 1. The minimum absolute atomic E-state index is 0.425. The van der Waals surface area contributed by atoms with Gasteiger partial charge in [-0.05, 0) is 41.8 Å². The predicted molar refractivity (Wildman–Crippen MR) is 86.1 cm³/mol. The molecule has 0 aromatic heterocycles. The van der Waals surface area contributed by atoms with Crippen LogP contribution in [-0.4, -0.2) is 4.99 Å². The summed E-state index contributed by atoms with van der Waals surface area (Å²) in [6, 6.07) is 16.2. The second-order valence-corrected chi connectivity index (χ2v) is 5.25. The molecule has 2 aromatic carbocycles. The Kier molecular flexibility index (Phi) is 4.17. The molecule has 0 fully saturated rings. The Morgan fingerprint density at radius 3 is 2.26 bits per heavy atom. The molecule has 2 rings (SSSR count). The van der Waals surface area contributed by atoms with Crippen LogP contribution in [0.4, 0.5) is 11.4 Å². The van der Waals surface area contributed by atoms with E-state index in [-0.39, 0.29) is 0 Å². The third-order valence-electron chi connectivity index (χ3n) is 3.03. The summed E-state index contributed by atoms with van der Waals surface area (Å²) in [6.07, 6.45) is 0. The summed E-state index contributed by atoms with van der Waals surface area (Å²) in [7, 11) is 0. The largest absolute Gasteiger partial charge is 0.389 e. The fraction of sp³-hybridized carbons (Fsp3) is 0.188. The van der Waals surface area contributed by atoms with Crippen molar-refractivity contribution in [2.24, 2.45) is 5.73 Å². The lowest BCUT2D eigenvalue weighted by molar-refractivity contribution is 0.869. The molecule has 0 radical (unpaired) electrons. The Morgan fingerprint density at radius 1 is 1.05 bits per heavy atom. The van der Waals surface area contributed by atoms with E-state index in [1.807, 2.05) is 30.3 Å². The molecule has 0 saturated carbocycles.